The van der Waals surface area contributed by atoms with Crippen molar-refractivity contribution in [2.45, 2.75) is 19.0 Å². The van der Waals surface area contributed by atoms with E-state index in [4.69, 9.17) is 0 Å². The van der Waals surface area contributed by atoms with Gasteiger partial charge >= 0.3 is 0 Å². The third kappa shape index (κ3) is 3.28. The van der Waals surface area contributed by atoms with Gasteiger partial charge in [-0.1, -0.05) is 12.1 Å². The van der Waals surface area contributed by atoms with Crippen LogP contribution in [-0.2, 0) is 11.3 Å². The van der Waals surface area contributed by atoms with Crippen LogP contribution in [0.3, 0.4) is 0 Å². The van der Waals surface area contributed by atoms with Crippen molar-refractivity contribution in [3.63, 3.8) is 0 Å². The lowest BCUT2D eigenvalue weighted by atomic mass is 10.0. The van der Waals surface area contributed by atoms with Crippen LogP contribution in [0, 0.1) is 5.82 Å². The summed E-state index contributed by atoms with van der Waals surface area (Å²) < 4.78 is 15.1. The van der Waals surface area contributed by atoms with E-state index < -0.39 is 6.04 Å². The third-order valence-corrected chi connectivity index (χ3v) is 3.70. The van der Waals surface area contributed by atoms with E-state index in [1.165, 1.54) is 12.1 Å². The van der Waals surface area contributed by atoms with Crippen LogP contribution in [0.4, 0.5) is 4.39 Å². The summed E-state index contributed by atoms with van der Waals surface area (Å²) in [5.41, 5.74) is 0.680. The molecule has 1 aromatic heterocycles. The topological polar surface area (TPSA) is 75.9 Å². The molecule has 0 unspecified atom stereocenters. The van der Waals surface area contributed by atoms with E-state index >= 15 is 0 Å². The summed E-state index contributed by atoms with van der Waals surface area (Å²) in [5.74, 6) is -0.413. The summed E-state index contributed by atoms with van der Waals surface area (Å²) in [4.78, 5) is 14.3. The zero-order valence-electron chi connectivity index (χ0n) is 12.0. The predicted octanol–water partition coefficient (Wildman–Crippen LogP) is 0.375. The van der Waals surface area contributed by atoms with E-state index in [0.29, 0.717) is 25.2 Å². The van der Waals surface area contributed by atoms with Gasteiger partial charge in [0.1, 0.15) is 18.2 Å². The van der Waals surface area contributed by atoms with Crippen LogP contribution in [0.15, 0.2) is 30.6 Å². The van der Waals surface area contributed by atoms with Gasteiger partial charge < -0.3 is 5.32 Å². The van der Waals surface area contributed by atoms with Crippen molar-refractivity contribution < 1.29 is 9.18 Å². The molecule has 22 heavy (non-hydrogen) atoms. The fraction of sp³-hybridized carbons (Fsp3) is 0.429. The first kappa shape index (κ1) is 14.6. The Balaban J connectivity index is 1.68. The molecule has 0 radical (unpaired) electrons. The molecule has 2 heterocycles. The first-order valence-electron chi connectivity index (χ1n) is 7.22. The van der Waals surface area contributed by atoms with Crippen LogP contribution in [0.25, 0.3) is 0 Å². The van der Waals surface area contributed by atoms with E-state index in [9.17, 15) is 9.18 Å². The molecule has 0 aliphatic carbocycles. The minimum Gasteiger partial charge on any atom is -0.353 e. The van der Waals surface area contributed by atoms with Gasteiger partial charge in [-0.2, -0.15) is 0 Å². The SMILES string of the molecule is O=C1NCCN(CCCn2cnnn2)[C@H]1c1cccc(F)c1. The fourth-order valence-corrected chi connectivity index (χ4v) is 2.71. The first-order valence-corrected chi connectivity index (χ1v) is 7.22. The smallest absolute Gasteiger partial charge is 0.242 e. The number of aromatic nitrogens is 4. The van der Waals surface area contributed by atoms with E-state index in [1.54, 1.807) is 23.1 Å². The molecule has 3 rings (SSSR count). The van der Waals surface area contributed by atoms with Gasteiger partial charge in [-0.3, -0.25) is 9.69 Å². The van der Waals surface area contributed by atoms with Crippen LogP contribution in [0.1, 0.15) is 18.0 Å². The number of nitrogens with one attached hydrogen (secondary N) is 1. The molecule has 1 aliphatic rings. The second-order valence-corrected chi connectivity index (χ2v) is 5.21. The number of halogens is 1. The number of benzene rings is 1. The average molecular weight is 304 g/mol. The van der Waals surface area contributed by atoms with Crippen molar-refractivity contribution in [3.05, 3.63) is 42.0 Å². The van der Waals surface area contributed by atoms with Gasteiger partial charge in [0.25, 0.3) is 0 Å². The average Bonchev–Trinajstić information content (AvgIpc) is 3.01. The van der Waals surface area contributed by atoms with E-state index in [0.717, 1.165) is 13.0 Å². The maximum Gasteiger partial charge on any atom is 0.242 e. The Labute approximate surface area is 127 Å². The summed E-state index contributed by atoms with van der Waals surface area (Å²) in [7, 11) is 0. The summed E-state index contributed by atoms with van der Waals surface area (Å²) in [6.45, 7) is 2.74. The molecule has 8 heteroatoms. The third-order valence-electron chi connectivity index (χ3n) is 3.70. The van der Waals surface area contributed by atoms with Gasteiger partial charge in [-0.05, 0) is 34.5 Å². The highest BCUT2D eigenvalue weighted by atomic mass is 19.1. The van der Waals surface area contributed by atoms with Gasteiger partial charge in [0, 0.05) is 26.2 Å². The van der Waals surface area contributed by atoms with Crippen molar-refractivity contribution in [1.29, 1.82) is 0 Å². The second kappa shape index (κ2) is 6.61. The van der Waals surface area contributed by atoms with Crippen LogP contribution in [0.5, 0.6) is 0 Å². The highest BCUT2D eigenvalue weighted by molar-refractivity contribution is 5.83. The van der Waals surface area contributed by atoms with Gasteiger partial charge in [0.2, 0.25) is 5.91 Å². The molecule has 1 saturated heterocycles. The number of aryl methyl sites for hydroxylation is 1. The normalized spacial score (nSPS) is 19.1. The number of amides is 1. The number of hydrogen-bond donors (Lipinski definition) is 1. The molecule has 2 aromatic rings. The van der Waals surface area contributed by atoms with E-state index in [1.807, 2.05) is 0 Å². The van der Waals surface area contributed by atoms with Crippen molar-refractivity contribution in [2.24, 2.45) is 0 Å². The molecule has 7 nitrogen and oxygen atoms in total. The summed E-state index contributed by atoms with van der Waals surface area (Å²) in [6.07, 6.45) is 2.37. The van der Waals surface area contributed by atoms with Crippen LogP contribution >= 0.6 is 0 Å². The Kier molecular flexibility index (Phi) is 4.38. The second-order valence-electron chi connectivity index (χ2n) is 5.21. The maximum absolute atomic E-state index is 13.4. The highest BCUT2D eigenvalue weighted by Crippen LogP contribution is 2.24. The zero-order chi connectivity index (χ0) is 15.4. The minimum absolute atomic E-state index is 0.0840. The Morgan fingerprint density at radius 2 is 2.27 bits per heavy atom. The summed E-state index contributed by atoms with van der Waals surface area (Å²) in [5, 5.41) is 13.8. The van der Waals surface area contributed by atoms with Gasteiger partial charge in [0.15, 0.2) is 0 Å². The highest BCUT2D eigenvalue weighted by Gasteiger charge is 2.30. The molecule has 1 amide bonds. The molecule has 1 aliphatic heterocycles. The van der Waals surface area contributed by atoms with E-state index in [2.05, 4.69) is 25.7 Å². The molecular weight excluding hydrogens is 287 g/mol. The molecular formula is C14H17FN6O. The standard InChI is InChI=1S/C14H17FN6O/c15-12-4-1-3-11(9-12)13-14(22)16-5-8-20(13)6-2-7-21-10-17-18-19-21/h1,3-4,9-10,13H,2,5-8H2,(H,16,22)/t13-/m0/s1. The van der Waals surface area contributed by atoms with E-state index in [-0.39, 0.29) is 11.7 Å². The number of carbonyl (C=O) groups excluding carboxylic acids is 1. The minimum atomic E-state index is -0.446. The summed E-state index contributed by atoms with van der Waals surface area (Å²) >= 11 is 0. The number of carbonyl (C=O) groups is 1. The molecule has 1 N–H and O–H groups in total. The zero-order valence-corrected chi connectivity index (χ0v) is 12.0. The number of hydrogen-bond acceptors (Lipinski definition) is 5. The Morgan fingerprint density at radius 1 is 1.36 bits per heavy atom. The first-order chi connectivity index (χ1) is 10.7. The molecule has 0 saturated carbocycles. The predicted molar refractivity (Wildman–Crippen MR) is 76.2 cm³/mol. The van der Waals surface area contributed by atoms with Gasteiger partial charge in [0.05, 0.1) is 0 Å². The number of nitrogens with zero attached hydrogens (tertiary/aromatic N) is 5. The lowest BCUT2D eigenvalue weighted by Gasteiger charge is -2.35. The van der Waals surface area contributed by atoms with Crippen molar-refractivity contribution in [3.8, 4) is 0 Å². The monoisotopic (exact) mass is 304 g/mol. The molecule has 116 valence electrons. The number of tetrazole rings is 1. The molecule has 1 aromatic carbocycles. The molecule has 0 spiro atoms. The lowest BCUT2D eigenvalue weighted by Crippen LogP contribution is -2.50. The van der Waals surface area contributed by atoms with Crippen LogP contribution in [-0.4, -0.2) is 50.6 Å². The Morgan fingerprint density at radius 3 is 3.05 bits per heavy atom. The lowest BCUT2D eigenvalue weighted by molar-refractivity contribution is -0.129. The van der Waals surface area contributed by atoms with Crippen LogP contribution < -0.4 is 5.32 Å². The van der Waals surface area contributed by atoms with Gasteiger partial charge in [-0.15, -0.1) is 5.10 Å². The maximum atomic E-state index is 13.4. The van der Waals surface area contributed by atoms with Crippen molar-refractivity contribution >= 4 is 5.91 Å². The molecule has 1 fully saturated rings. The molecule has 1 atom stereocenters. The Hall–Kier alpha value is -2.35. The van der Waals surface area contributed by atoms with Crippen LogP contribution in [0.2, 0.25) is 0 Å². The Bertz CT molecular complexity index is 632. The summed E-state index contributed by atoms with van der Waals surface area (Å²) in [6, 6.07) is 5.77. The van der Waals surface area contributed by atoms with Crippen molar-refractivity contribution in [2.75, 3.05) is 19.6 Å². The molecule has 0 bridgehead atoms. The van der Waals surface area contributed by atoms with Gasteiger partial charge in [-0.25, -0.2) is 9.07 Å². The fourth-order valence-electron chi connectivity index (χ4n) is 2.71. The largest absolute Gasteiger partial charge is 0.353 e. The number of piperazine rings is 1. The van der Waals surface area contributed by atoms with Crippen molar-refractivity contribution in [1.82, 2.24) is 30.4 Å². The quantitative estimate of drug-likeness (QED) is 0.864. The number of rotatable bonds is 5.